The summed E-state index contributed by atoms with van der Waals surface area (Å²) in [7, 11) is 0. The van der Waals surface area contributed by atoms with Crippen molar-refractivity contribution in [2.45, 2.75) is 45.6 Å². The molecule has 0 aliphatic heterocycles. The van der Waals surface area contributed by atoms with Crippen molar-refractivity contribution in [1.29, 1.82) is 0 Å². The topological polar surface area (TPSA) is 24.9 Å². The van der Waals surface area contributed by atoms with Crippen molar-refractivity contribution in [1.82, 2.24) is 10.3 Å². The number of hydrogen-bond acceptors (Lipinski definition) is 2. The van der Waals surface area contributed by atoms with Gasteiger partial charge >= 0.3 is 0 Å². The van der Waals surface area contributed by atoms with Gasteiger partial charge in [0.15, 0.2) is 0 Å². The Labute approximate surface area is 116 Å². The first kappa shape index (κ1) is 14.0. The van der Waals surface area contributed by atoms with Crippen LogP contribution in [0, 0.1) is 0 Å². The maximum absolute atomic E-state index is 4.29. The molecule has 0 aliphatic rings. The monoisotopic (exact) mass is 256 g/mol. The highest BCUT2D eigenvalue weighted by atomic mass is 14.9. The van der Waals surface area contributed by atoms with Gasteiger partial charge in [0, 0.05) is 23.8 Å². The lowest BCUT2D eigenvalue weighted by Crippen LogP contribution is -2.33. The lowest BCUT2D eigenvalue weighted by molar-refractivity contribution is 0.396. The number of rotatable bonds is 5. The van der Waals surface area contributed by atoms with Crippen molar-refractivity contribution in [2.75, 3.05) is 6.54 Å². The number of benzene rings is 1. The maximum Gasteiger partial charge on any atom is 0.0349 e. The van der Waals surface area contributed by atoms with Crippen molar-refractivity contribution < 1.29 is 0 Å². The zero-order chi connectivity index (χ0) is 13.9. The van der Waals surface area contributed by atoms with Crippen LogP contribution in [0.3, 0.4) is 0 Å². The standard InChI is InChI=1S/C17H24N2/c1-5-19-13(2)11-17(3,4)16-8-6-7-14-9-10-18-12-15(14)16/h6-10,12-13,19H,5,11H2,1-4H3. The zero-order valence-corrected chi connectivity index (χ0v) is 12.4. The Morgan fingerprint density at radius 2 is 2.05 bits per heavy atom. The summed E-state index contributed by atoms with van der Waals surface area (Å²) in [6.07, 6.45) is 4.97. The van der Waals surface area contributed by atoms with Crippen molar-refractivity contribution in [3.8, 4) is 0 Å². The van der Waals surface area contributed by atoms with E-state index in [1.54, 1.807) is 0 Å². The summed E-state index contributed by atoms with van der Waals surface area (Å²) >= 11 is 0. The molecule has 0 radical (unpaired) electrons. The van der Waals surface area contributed by atoms with Crippen LogP contribution in [0.15, 0.2) is 36.7 Å². The van der Waals surface area contributed by atoms with Gasteiger partial charge in [0.25, 0.3) is 0 Å². The molecule has 2 aromatic rings. The van der Waals surface area contributed by atoms with Gasteiger partial charge in [-0.25, -0.2) is 0 Å². The largest absolute Gasteiger partial charge is 0.315 e. The average molecular weight is 256 g/mol. The number of nitrogens with one attached hydrogen (secondary N) is 1. The van der Waals surface area contributed by atoms with Crippen molar-refractivity contribution >= 4 is 10.8 Å². The van der Waals surface area contributed by atoms with Gasteiger partial charge in [0.1, 0.15) is 0 Å². The van der Waals surface area contributed by atoms with Gasteiger partial charge in [-0.05, 0) is 42.3 Å². The lowest BCUT2D eigenvalue weighted by atomic mass is 9.77. The predicted molar refractivity (Wildman–Crippen MR) is 82.5 cm³/mol. The summed E-state index contributed by atoms with van der Waals surface area (Å²) in [6.45, 7) is 10.1. The molecule has 1 heterocycles. The van der Waals surface area contributed by atoms with Gasteiger partial charge in [0.2, 0.25) is 0 Å². The smallest absolute Gasteiger partial charge is 0.0349 e. The second-order valence-corrected chi connectivity index (χ2v) is 5.95. The molecule has 1 aromatic carbocycles. The summed E-state index contributed by atoms with van der Waals surface area (Å²) in [5, 5.41) is 6.06. The van der Waals surface area contributed by atoms with E-state index in [0.29, 0.717) is 6.04 Å². The number of pyridine rings is 1. The van der Waals surface area contributed by atoms with Crippen LogP contribution in [-0.2, 0) is 5.41 Å². The number of aromatic nitrogens is 1. The Bertz CT molecular complexity index is 540. The third kappa shape index (κ3) is 3.13. The fourth-order valence-electron chi connectivity index (χ4n) is 3.00. The summed E-state index contributed by atoms with van der Waals surface area (Å²) in [6, 6.07) is 9.15. The van der Waals surface area contributed by atoms with Crippen LogP contribution >= 0.6 is 0 Å². The summed E-state index contributed by atoms with van der Waals surface area (Å²) < 4.78 is 0. The molecule has 1 atom stereocenters. The van der Waals surface area contributed by atoms with E-state index in [-0.39, 0.29) is 5.41 Å². The van der Waals surface area contributed by atoms with Gasteiger partial charge in [-0.2, -0.15) is 0 Å². The van der Waals surface area contributed by atoms with Crippen molar-refractivity contribution in [3.05, 3.63) is 42.2 Å². The minimum absolute atomic E-state index is 0.143. The minimum Gasteiger partial charge on any atom is -0.315 e. The molecule has 0 amide bonds. The van der Waals surface area contributed by atoms with Crippen LogP contribution in [0.4, 0.5) is 0 Å². The molecule has 2 heteroatoms. The Morgan fingerprint density at radius 3 is 2.79 bits per heavy atom. The SMILES string of the molecule is CCNC(C)CC(C)(C)c1cccc2ccncc12. The highest BCUT2D eigenvalue weighted by Gasteiger charge is 2.24. The van der Waals surface area contributed by atoms with E-state index in [4.69, 9.17) is 0 Å². The first-order chi connectivity index (χ1) is 9.04. The number of hydrogen-bond donors (Lipinski definition) is 1. The molecule has 1 unspecified atom stereocenters. The Kier molecular flexibility index (Phi) is 4.20. The van der Waals surface area contributed by atoms with E-state index in [2.05, 4.69) is 62.3 Å². The fraction of sp³-hybridized carbons (Fsp3) is 0.471. The molecule has 102 valence electrons. The van der Waals surface area contributed by atoms with Gasteiger partial charge in [0.05, 0.1) is 0 Å². The molecular formula is C17H24N2. The lowest BCUT2D eigenvalue weighted by Gasteiger charge is -2.30. The van der Waals surface area contributed by atoms with E-state index in [1.807, 2.05) is 12.4 Å². The Balaban J connectivity index is 2.37. The number of fused-ring (bicyclic) bond motifs is 1. The van der Waals surface area contributed by atoms with Crippen molar-refractivity contribution in [2.24, 2.45) is 0 Å². The molecule has 0 fully saturated rings. The molecule has 1 N–H and O–H groups in total. The molecular weight excluding hydrogens is 232 g/mol. The Morgan fingerprint density at radius 1 is 1.26 bits per heavy atom. The van der Waals surface area contributed by atoms with Crippen molar-refractivity contribution in [3.63, 3.8) is 0 Å². The molecule has 0 bridgehead atoms. The van der Waals surface area contributed by atoms with Crippen LogP contribution in [0.5, 0.6) is 0 Å². The van der Waals surface area contributed by atoms with Crippen LogP contribution in [0.25, 0.3) is 10.8 Å². The predicted octanol–water partition coefficient (Wildman–Crippen LogP) is 3.90. The molecule has 0 saturated heterocycles. The van der Waals surface area contributed by atoms with E-state index in [9.17, 15) is 0 Å². The van der Waals surface area contributed by atoms with Crippen LogP contribution in [0.2, 0.25) is 0 Å². The normalized spacial score (nSPS) is 13.7. The molecule has 0 spiro atoms. The fourth-order valence-corrected chi connectivity index (χ4v) is 3.00. The zero-order valence-electron chi connectivity index (χ0n) is 12.4. The average Bonchev–Trinajstić information content (AvgIpc) is 2.37. The first-order valence-corrected chi connectivity index (χ1v) is 7.11. The third-order valence-corrected chi connectivity index (χ3v) is 3.78. The second kappa shape index (κ2) is 5.70. The van der Waals surface area contributed by atoms with Gasteiger partial charge in [-0.1, -0.05) is 39.0 Å². The van der Waals surface area contributed by atoms with Crippen LogP contribution in [0.1, 0.15) is 39.7 Å². The molecule has 19 heavy (non-hydrogen) atoms. The summed E-state index contributed by atoms with van der Waals surface area (Å²) in [4.78, 5) is 4.29. The summed E-state index contributed by atoms with van der Waals surface area (Å²) in [5.74, 6) is 0. The van der Waals surface area contributed by atoms with Crippen LogP contribution < -0.4 is 5.32 Å². The van der Waals surface area contributed by atoms with E-state index >= 15 is 0 Å². The minimum atomic E-state index is 0.143. The Hall–Kier alpha value is -1.41. The van der Waals surface area contributed by atoms with E-state index < -0.39 is 0 Å². The molecule has 2 rings (SSSR count). The highest BCUT2D eigenvalue weighted by Crippen LogP contribution is 2.33. The third-order valence-electron chi connectivity index (χ3n) is 3.78. The first-order valence-electron chi connectivity index (χ1n) is 7.11. The van der Waals surface area contributed by atoms with E-state index in [0.717, 1.165) is 13.0 Å². The van der Waals surface area contributed by atoms with Crippen LogP contribution in [-0.4, -0.2) is 17.6 Å². The molecule has 1 aromatic heterocycles. The second-order valence-electron chi connectivity index (χ2n) is 5.95. The quantitative estimate of drug-likeness (QED) is 0.877. The molecule has 0 saturated carbocycles. The molecule has 2 nitrogen and oxygen atoms in total. The maximum atomic E-state index is 4.29. The van der Waals surface area contributed by atoms with Gasteiger partial charge in [-0.3, -0.25) is 4.98 Å². The molecule has 0 aliphatic carbocycles. The highest BCUT2D eigenvalue weighted by molar-refractivity contribution is 5.85. The van der Waals surface area contributed by atoms with E-state index in [1.165, 1.54) is 16.3 Å². The number of nitrogens with zero attached hydrogens (tertiary/aromatic N) is 1. The summed E-state index contributed by atoms with van der Waals surface area (Å²) in [5.41, 5.74) is 1.53. The van der Waals surface area contributed by atoms with Gasteiger partial charge in [-0.15, -0.1) is 0 Å². The van der Waals surface area contributed by atoms with Gasteiger partial charge < -0.3 is 5.32 Å².